The number of carboxylic acid groups (broad SMARTS) is 1. The largest absolute Gasteiger partial charge is 0.480 e. The molecule has 14 nitrogen and oxygen atoms in total. The van der Waals surface area contributed by atoms with E-state index in [1.807, 2.05) is 0 Å². The van der Waals surface area contributed by atoms with Crippen molar-refractivity contribution < 1.29 is 29.1 Å². The molecule has 14 heteroatoms. The molecule has 0 bridgehead atoms. The number of aliphatic carboxylic acids is 1. The number of primary amides is 1. The van der Waals surface area contributed by atoms with Crippen LogP contribution in [0, 0.1) is 0 Å². The van der Waals surface area contributed by atoms with Crippen LogP contribution in [0.3, 0.4) is 0 Å². The molecule has 196 valence electrons. The molecule has 10 N–H and O–H groups in total. The molecule has 4 amide bonds. The molecule has 0 radical (unpaired) electrons. The summed E-state index contributed by atoms with van der Waals surface area (Å²) in [4.78, 5) is 66.9. The number of carbonyl (C=O) groups is 5. The molecular formula is C21H36N8O6. The molecule has 2 fully saturated rings. The smallest absolute Gasteiger partial charge is 0.326 e. The van der Waals surface area contributed by atoms with E-state index in [4.69, 9.17) is 17.2 Å². The number of carbonyl (C=O) groups excluding carboxylic acids is 4. The van der Waals surface area contributed by atoms with Gasteiger partial charge in [0.25, 0.3) is 0 Å². The van der Waals surface area contributed by atoms with Crippen molar-refractivity contribution in [2.45, 2.75) is 75.5 Å². The van der Waals surface area contributed by atoms with Gasteiger partial charge in [0.15, 0.2) is 5.96 Å². The summed E-state index contributed by atoms with van der Waals surface area (Å²) in [7, 11) is 0. The molecule has 0 aliphatic carbocycles. The summed E-state index contributed by atoms with van der Waals surface area (Å²) in [5.41, 5.74) is 15.9. The first-order chi connectivity index (χ1) is 16.6. The summed E-state index contributed by atoms with van der Waals surface area (Å²) in [6.07, 6.45) is 2.58. The Kier molecular flexibility index (Phi) is 10.7. The van der Waals surface area contributed by atoms with Crippen LogP contribution in [0.1, 0.15) is 51.4 Å². The number of nitrogens with zero attached hydrogens (tertiary/aromatic N) is 2. The van der Waals surface area contributed by atoms with Gasteiger partial charge in [-0.3, -0.25) is 24.2 Å². The molecule has 4 atom stereocenters. The van der Waals surface area contributed by atoms with Crippen LogP contribution in [-0.2, 0) is 24.0 Å². The van der Waals surface area contributed by atoms with E-state index >= 15 is 0 Å². The lowest BCUT2D eigenvalue weighted by Crippen LogP contribution is -2.57. The predicted octanol–water partition coefficient (Wildman–Crippen LogP) is -2.90. The van der Waals surface area contributed by atoms with Crippen molar-refractivity contribution >= 4 is 35.6 Å². The zero-order chi connectivity index (χ0) is 26.0. The van der Waals surface area contributed by atoms with Gasteiger partial charge in [-0.1, -0.05) is 0 Å². The van der Waals surface area contributed by atoms with E-state index in [-0.39, 0.29) is 44.2 Å². The number of guanidine groups is 1. The first-order valence-corrected chi connectivity index (χ1v) is 11.8. The van der Waals surface area contributed by atoms with Crippen LogP contribution in [0.25, 0.3) is 0 Å². The maximum absolute atomic E-state index is 13.2. The van der Waals surface area contributed by atoms with E-state index in [1.54, 1.807) is 0 Å². The number of amides is 4. The normalized spacial score (nSPS) is 21.1. The van der Waals surface area contributed by atoms with E-state index in [9.17, 15) is 29.1 Å². The van der Waals surface area contributed by atoms with Crippen LogP contribution in [0.5, 0.6) is 0 Å². The molecule has 0 saturated carbocycles. The fourth-order valence-corrected chi connectivity index (χ4v) is 4.26. The first kappa shape index (κ1) is 27.8. The van der Waals surface area contributed by atoms with Gasteiger partial charge in [-0.05, 0) is 51.5 Å². The Hall–Kier alpha value is -3.42. The molecule has 0 spiro atoms. The lowest BCUT2D eigenvalue weighted by atomic mass is 10.1. The van der Waals surface area contributed by atoms with Gasteiger partial charge in [-0.25, -0.2) is 4.79 Å². The molecule has 4 unspecified atom stereocenters. The fourth-order valence-electron chi connectivity index (χ4n) is 4.26. The van der Waals surface area contributed by atoms with Crippen LogP contribution < -0.4 is 33.2 Å². The summed E-state index contributed by atoms with van der Waals surface area (Å²) in [5, 5.41) is 17.8. The predicted molar refractivity (Wildman–Crippen MR) is 126 cm³/mol. The van der Waals surface area contributed by atoms with Crippen LogP contribution in [0.2, 0.25) is 0 Å². The Morgan fingerprint density at radius 2 is 1.77 bits per heavy atom. The highest BCUT2D eigenvalue weighted by atomic mass is 16.4. The summed E-state index contributed by atoms with van der Waals surface area (Å²) >= 11 is 0. The fraction of sp³-hybridized carbons (Fsp3) is 0.714. The number of hydrogen-bond donors (Lipinski definition) is 7. The molecule has 0 aromatic carbocycles. The third kappa shape index (κ3) is 8.70. The van der Waals surface area contributed by atoms with Crippen LogP contribution >= 0.6 is 0 Å². The maximum atomic E-state index is 13.2. The number of nitrogens with one attached hydrogen (secondary N) is 3. The quantitative estimate of drug-likeness (QED) is 0.0785. The third-order valence-corrected chi connectivity index (χ3v) is 6.07. The molecule has 2 rings (SSSR count). The van der Waals surface area contributed by atoms with Crippen molar-refractivity contribution in [3.05, 3.63) is 0 Å². The zero-order valence-corrected chi connectivity index (χ0v) is 19.7. The van der Waals surface area contributed by atoms with Gasteiger partial charge in [0.1, 0.15) is 18.1 Å². The van der Waals surface area contributed by atoms with Gasteiger partial charge in [0.2, 0.25) is 23.6 Å². The second-order valence-electron chi connectivity index (χ2n) is 8.75. The Bertz CT molecular complexity index is 825. The minimum absolute atomic E-state index is 0.0956. The second kappa shape index (κ2) is 13.5. The summed E-state index contributed by atoms with van der Waals surface area (Å²) < 4.78 is 0. The van der Waals surface area contributed by atoms with Crippen LogP contribution in [0.15, 0.2) is 4.99 Å². The van der Waals surface area contributed by atoms with E-state index in [1.165, 1.54) is 4.90 Å². The first-order valence-electron chi connectivity index (χ1n) is 11.8. The Morgan fingerprint density at radius 1 is 1.03 bits per heavy atom. The number of likely N-dealkylation sites (tertiary alicyclic amines) is 1. The standard InChI is InChI=1S/C21H36N8O6/c22-16(30)8-7-14(19(33)29-11-3-6-15(29)20(34)35)28-18(32)13(5-2-10-26-21(23)24)27-17(31)12-4-1-9-25-12/h12-15,25H,1-11H2,(H2,22,30)(H,27,31)(H,28,32)(H,34,35)(H4,23,24,26). The number of aliphatic imine (C=N–C) groups is 1. The number of hydrogen-bond acceptors (Lipinski definition) is 7. The molecule has 2 aliphatic rings. The van der Waals surface area contributed by atoms with Crippen LogP contribution in [0.4, 0.5) is 0 Å². The third-order valence-electron chi connectivity index (χ3n) is 6.07. The van der Waals surface area contributed by atoms with Gasteiger partial charge in [0, 0.05) is 19.5 Å². The number of carboxylic acids is 1. The molecular weight excluding hydrogens is 460 g/mol. The van der Waals surface area contributed by atoms with Gasteiger partial charge < -0.3 is 43.2 Å². The van der Waals surface area contributed by atoms with E-state index in [2.05, 4.69) is 20.9 Å². The SMILES string of the molecule is NC(=O)CCC(NC(=O)C(CCCN=C(N)N)NC(=O)C1CCCN1)C(=O)N1CCCC1C(=O)O. The summed E-state index contributed by atoms with van der Waals surface area (Å²) in [5.74, 6) is -3.47. The van der Waals surface area contributed by atoms with Crippen molar-refractivity contribution in [3.8, 4) is 0 Å². The Morgan fingerprint density at radius 3 is 2.37 bits per heavy atom. The highest BCUT2D eigenvalue weighted by Crippen LogP contribution is 2.20. The van der Waals surface area contributed by atoms with E-state index in [0.29, 0.717) is 32.2 Å². The Balaban J connectivity index is 2.14. The van der Waals surface area contributed by atoms with E-state index in [0.717, 1.165) is 6.42 Å². The lowest BCUT2D eigenvalue weighted by Gasteiger charge is -2.29. The van der Waals surface area contributed by atoms with E-state index < -0.39 is 47.9 Å². The number of nitrogens with two attached hydrogens (primary N) is 3. The molecule has 2 aliphatic heterocycles. The second-order valence-corrected chi connectivity index (χ2v) is 8.75. The van der Waals surface area contributed by atoms with Crippen molar-refractivity contribution in [1.29, 1.82) is 0 Å². The highest BCUT2D eigenvalue weighted by Gasteiger charge is 2.38. The van der Waals surface area contributed by atoms with Gasteiger partial charge in [-0.2, -0.15) is 0 Å². The molecule has 35 heavy (non-hydrogen) atoms. The molecule has 0 aromatic heterocycles. The minimum Gasteiger partial charge on any atom is -0.480 e. The lowest BCUT2D eigenvalue weighted by molar-refractivity contribution is -0.149. The van der Waals surface area contributed by atoms with Gasteiger partial charge in [-0.15, -0.1) is 0 Å². The molecule has 2 heterocycles. The highest BCUT2D eigenvalue weighted by molar-refractivity contribution is 5.94. The zero-order valence-electron chi connectivity index (χ0n) is 19.7. The van der Waals surface area contributed by atoms with Crippen molar-refractivity contribution in [2.24, 2.45) is 22.2 Å². The van der Waals surface area contributed by atoms with Gasteiger partial charge in [0.05, 0.1) is 6.04 Å². The average molecular weight is 497 g/mol. The van der Waals surface area contributed by atoms with Crippen molar-refractivity contribution in [1.82, 2.24) is 20.9 Å². The van der Waals surface area contributed by atoms with Crippen LogP contribution in [-0.4, -0.2) is 89.4 Å². The number of rotatable bonds is 13. The summed E-state index contributed by atoms with van der Waals surface area (Å²) in [6, 6.07) is -3.58. The minimum atomic E-state index is -1.17. The molecule has 2 saturated heterocycles. The Labute approximate surface area is 203 Å². The topological polar surface area (TPSA) is 235 Å². The monoisotopic (exact) mass is 496 g/mol. The average Bonchev–Trinajstić information content (AvgIpc) is 3.50. The van der Waals surface area contributed by atoms with Crippen molar-refractivity contribution in [2.75, 3.05) is 19.6 Å². The van der Waals surface area contributed by atoms with Crippen molar-refractivity contribution in [3.63, 3.8) is 0 Å². The van der Waals surface area contributed by atoms with Gasteiger partial charge >= 0.3 is 5.97 Å². The molecule has 0 aromatic rings. The maximum Gasteiger partial charge on any atom is 0.326 e. The summed E-state index contributed by atoms with van der Waals surface area (Å²) in [6.45, 7) is 1.16.